The Morgan fingerprint density at radius 2 is 1.57 bits per heavy atom. The number of carboxylic acid groups (broad SMARTS) is 1. The van der Waals surface area contributed by atoms with E-state index in [0.29, 0.717) is 18.6 Å². The minimum atomic E-state index is -5.12. The summed E-state index contributed by atoms with van der Waals surface area (Å²) in [4.78, 5) is 34.3. The number of nitrogens with one attached hydrogen (secondary N) is 2. The van der Waals surface area contributed by atoms with E-state index in [4.69, 9.17) is 4.74 Å². The normalized spacial score (nSPS) is 17.1. The van der Waals surface area contributed by atoms with Crippen LogP contribution in [0, 0.1) is 5.92 Å². The minimum Gasteiger partial charge on any atom is -0.481 e. The Morgan fingerprint density at radius 1 is 0.941 bits per heavy atom. The summed E-state index contributed by atoms with van der Waals surface area (Å²) < 4.78 is 128. The molecule has 278 valence electrons. The number of carbonyl (C=O) groups is 2. The van der Waals surface area contributed by atoms with E-state index in [1.54, 1.807) is 20.8 Å². The van der Waals surface area contributed by atoms with Crippen LogP contribution < -0.4 is 15.5 Å². The van der Waals surface area contributed by atoms with Crippen molar-refractivity contribution in [3.63, 3.8) is 0 Å². The first kappa shape index (κ1) is 39.0. The Balaban J connectivity index is 1.81. The highest BCUT2D eigenvalue weighted by Gasteiger charge is 2.40. The summed E-state index contributed by atoms with van der Waals surface area (Å²) in [6.07, 6.45) is -14.6. The Morgan fingerprint density at radius 3 is 2.10 bits per heavy atom. The maximum atomic E-state index is 13.8. The van der Waals surface area contributed by atoms with Crippen LogP contribution in [-0.4, -0.2) is 46.3 Å². The summed E-state index contributed by atoms with van der Waals surface area (Å²) in [7, 11) is 0. The fourth-order valence-electron chi connectivity index (χ4n) is 5.74. The molecule has 1 amide bonds. The molecular formula is C33H34F9N5O4. The largest absolute Gasteiger partial charge is 0.481 e. The van der Waals surface area contributed by atoms with Crippen molar-refractivity contribution in [3.05, 3.63) is 76.1 Å². The number of carboxylic acids is 1. The molecule has 0 saturated heterocycles. The Hall–Kier alpha value is -4.77. The molecule has 3 N–H and O–H groups in total. The second-order valence-corrected chi connectivity index (χ2v) is 11.8. The summed E-state index contributed by atoms with van der Waals surface area (Å²) in [6.45, 7) is 4.74. The van der Waals surface area contributed by atoms with E-state index in [1.165, 1.54) is 4.90 Å². The maximum Gasteiger partial charge on any atom is 0.416 e. The van der Waals surface area contributed by atoms with Crippen molar-refractivity contribution in [2.24, 2.45) is 5.92 Å². The first-order valence-corrected chi connectivity index (χ1v) is 15.8. The standard InChI is InChI=1S/C33H34F9N5O4/c1-4-18(28(48)49)15-43-26-16-44-29(46-25(26)11-17-9-20(32(37,38)39)12-21(10-17)33(40,41)42)45-24-14-22(5-2)47(30(50)51-6-3)27-8-7-19(13-23(24)27)31(34,35)36/h7-10,12-13,16,18,22,24,43H,4-6,11,14-15H2,1-3H3,(H,48,49)(H,44,45,46)/t18?,22-,24+/m1/s1. The molecular weight excluding hydrogens is 701 g/mol. The van der Waals surface area contributed by atoms with Gasteiger partial charge in [0.2, 0.25) is 5.95 Å². The zero-order valence-electron chi connectivity index (χ0n) is 27.4. The lowest BCUT2D eigenvalue weighted by Crippen LogP contribution is -2.46. The molecule has 9 nitrogen and oxygen atoms in total. The van der Waals surface area contributed by atoms with Gasteiger partial charge in [0.15, 0.2) is 0 Å². The van der Waals surface area contributed by atoms with Gasteiger partial charge in [-0.1, -0.05) is 13.8 Å². The fraction of sp³-hybridized carbons (Fsp3) is 0.455. The van der Waals surface area contributed by atoms with Gasteiger partial charge in [-0.3, -0.25) is 9.69 Å². The number of alkyl halides is 9. The quantitative estimate of drug-likeness (QED) is 0.167. The van der Waals surface area contributed by atoms with Crippen LogP contribution in [0.1, 0.15) is 79.6 Å². The lowest BCUT2D eigenvalue weighted by Gasteiger charge is -2.40. The Bertz CT molecular complexity index is 1700. The average Bonchev–Trinajstić information content (AvgIpc) is 3.04. The van der Waals surface area contributed by atoms with E-state index >= 15 is 0 Å². The number of amides is 1. The molecule has 0 saturated carbocycles. The maximum absolute atomic E-state index is 13.8. The molecule has 3 aromatic rings. The zero-order valence-corrected chi connectivity index (χ0v) is 27.4. The number of aromatic nitrogens is 2. The Labute approximate surface area is 286 Å². The van der Waals surface area contributed by atoms with E-state index in [0.717, 1.165) is 24.4 Å². The number of fused-ring (bicyclic) bond motifs is 1. The fourth-order valence-corrected chi connectivity index (χ4v) is 5.74. The van der Waals surface area contributed by atoms with Crippen molar-refractivity contribution in [2.75, 3.05) is 28.7 Å². The molecule has 0 bridgehead atoms. The van der Waals surface area contributed by atoms with E-state index in [1.807, 2.05) is 0 Å². The lowest BCUT2D eigenvalue weighted by atomic mass is 9.89. The molecule has 2 aromatic carbocycles. The number of benzene rings is 2. The SMILES string of the molecule is CCOC(=O)N1c2ccc(C(F)(F)F)cc2[C@@H](Nc2ncc(NCC(CC)C(=O)O)c(Cc3cc(C(F)(F)F)cc(C(F)(F)F)c3)n2)C[C@H]1CC. The van der Waals surface area contributed by atoms with Gasteiger partial charge in [-0.2, -0.15) is 39.5 Å². The molecule has 0 fully saturated rings. The molecule has 1 aliphatic rings. The average molecular weight is 736 g/mol. The molecule has 0 aliphatic carbocycles. The lowest BCUT2D eigenvalue weighted by molar-refractivity contribution is -0.143. The topological polar surface area (TPSA) is 117 Å². The molecule has 0 radical (unpaired) electrons. The number of rotatable bonds is 11. The number of carbonyl (C=O) groups excluding carboxylic acids is 1. The molecule has 1 aliphatic heterocycles. The predicted molar refractivity (Wildman–Crippen MR) is 167 cm³/mol. The first-order chi connectivity index (χ1) is 23.8. The number of halogens is 9. The zero-order chi connectivity index (χ0) is 37.9. The summed E-state index contributed by atoms with van der Waals surface area (Å²) in [6, 6.07) is 2.35. The third kappa shape index (κ3) is 9.32. The molecule has 51 heavy (non-hydrogen) atoms. The highest BCUT2D eigenvalue weighted by molar-refractivity contribution is 5.90. The van der Waals surface area contributed by atoms with Gasteiger partial charge in [0.25, 0.3) is 0 Å². The smallest absolute Gasteiger partial charge is 0.416 e. The molecule has 0 spiro atoms. The number of hydrogen-bond acceptors (Lipinski definition) is 7. The monoisotopic (exact) mass is 735 g/mol. The van der Waals surface area contributed by atoms with E-state index in [2.05, 4.69) is 20.6 Å². The van der Waals surface area contributed by atoms with E-state index < -0.39 is 77.3 Å². The van der Waals surface area contributed by atoms with E-state index in [-0.39, 0.29) is 60.6 Å². The van der Waals surface area contributed by atoms with E-state index in [9.17, 15) is 54.2 Å². The van der Waals surface area contributed by atoms with Crippen molar-refractivity contribution in [1.29, 1.82) is 0 Å². The van der Waals surface area contributed by atoms with Gasteiger partial charge in [-0.25, -0.2) is 14.8 Å². The molecule has 4 rings (SSSR count). The van der Waals surface area contributed by atoms with Crippen molar-refractivity contribution < 1.29 is 58.9 Å². The summed E-state index contributed by atoms with van der Waals surface area (Å²) >= 11 is 0. The van der Waals surface area contributed by atoms with Gasteiger partial charge in [0, 0.05) is 19.0 Å². The highest BCUT2D eigenvalue weighted by Crippen LogP contribution is 2.43. The molecule has 18 heteroatoms. The highest BCUT2D eigenvalue weighted by atomic mass is 19.4. The van der Waals surface area contributed by atoms with Crippen LogP contribution in [0.3, 0.4) is 0 Å². The van der Waals surface area contributed by atoms with Gasteiger partial charge < -0.3 is 20.5 Å². The second kappa shape index (κ2) is 15.2. The molecule has 1 unspecified atom stereocenters. The van der Waals surface area contributed by atoms with Gasteiger partial charge in [-0.05, 0) is 73.7 Å². The second-order valence-electron chi connectivity index (χ2n) is 11.8. The molecule has 3 atom stereocenters. The summed E-state index contributed by atoms with van der Waals surface area (Å²) in [5.41, 5.74) is -4.50. The van der Waals surface area contributed by atoms with Crippen LogP contribution in [0.2, 0.25) is 0 Å². The number of nitrogens with zero attached hydrogens (tertiary/aromatic N) is 3. The van der Waals surface area contributed by atoms with Crippen LogP contribution in [0.15, 0.2) is 42.6 Å². The molecule has 1 aromatic heterocycles. The van der Waals surface area contributed by atoms with Crippen LogP contribution in [0.5, 0.6) is 0 Å². The van der Waals surface area contributed by atoms with Gasteiger partial charge in [0.05, 0.1) is 58.5 Å². The predicted octanol–water partition coefficient (Wildman–Crippen LogP) is 8.94. The Kier molecular flexibility index (Phi) is 11.7. The van der Waals surface area contributed by atoms with Crippen LogP contribution in [0.4, 0.5) is 61.6 Å². The van der Waals surface area contributed by atoms with Crippen LogP contribution in [0.25, 0.3) is 0 Å². The van der Waals surface area contributed by atoms with Crippen molar-refractivity contribution in [2.45, 2.75) is 77.1 Å². The number of aliphatic carboxylic acids is 1. The van der Waals surface area contributed by atoms with Crippen LogP contribution >= 0.6 is 0 Å². The number of ether oxygens (including phenoxy) is 1. The third-order valence-electron chi connectivity index (χ3n) is 8.37. The number of anilines is 3. The summed E-state index contributed by atoms with van der Waals surface area (Å²) in [5.74, 6) is -2.32. The van der Waals surface area contributed by atoms with Gasteiger partial charge in [-0.15, -0.1) is 0 Å². The minimum absolute atomic E-state index is 0.00221. The molecule has 2 heterocycles. The van der Waals surface area contributed by atoms with Crippen molar-refractivity contribution in [1.82, 2.24) is 9.97 Å². The number of hydrogen-bond donors (Lipinski definition) is 3. The first-order valence-electron chi connectivity index (χ1n) is 15.8. The van der Waals surface area contributed by atoms with Crippen LogP contribution in [-0.2, 0) is 34.5 Å². The summed E-state index contributed by atoms with van der Waals surface area (Å²) in [5, 5.41) is 15.2. The third-order valence-corrected chi connectivity index (χ3v) is 8.37. The van der Waals surface area contributed by atoms with Crippen molar-refractivity contribution in [3.8, 4) is 0 Å². The van der Waals surface area contributed by atoms with Gasteiger partial charge in [0.1, 0.15) is 0 Å². The van der Waals surface area contributed by atoms with Gasteiger partial charge >= 0.3 is 30.6 Å². The van der Waals surface area contributed by atoms with Crippen molar-refractivity contribution >= 4 is 29.4 Å².